The lowest BCUT2D eigenvalue weighted by Crippen LogP contribution is -2.20. The monoisotopic (exact) mass is 273 g/mol. The minimum Gasteiger partial charge on any atom is -0.391 e. The van der Waals surface area contributed by atoms with Crippen LogP contribution in [0.5, 0.6) is 0 Å². The Balaban J connectivity index is 2.56. The van der Waals surface area contributed by atoms with Crippen molar-refractivity contribution >= 4 is 17.4 Å². The van der Waals surface area contributed by atoms with Crippen molar-refractivity contribution in [3.05, 3.63) is 17.0 Å². The normalized spacial score (nSPS) is 12.4. The van der Waals surface area contributed by atoms with Crippen LogP contribution in [0.1, 0.15) is 32.5 Å². The Kier molecular flexibility index (Phi) is 6.93. The SMILES string of the molecule is CCCC(O)CNc1cc(Cl)nc(COCC)n1. The van der Waals surface area contributed by atoms with Crippen molar-refractivity contribution in [2.24, 2.45) is 0 Å². The van der Waals surface area contributed by atoms with Gasteiger partial charge in [0.05, 0.1) is 6.10 Å². The van der Waals surface area contributed by atoms with Gasteiger partial charge in [-0.1, -0.05) is 24.9 Å². The number of nitrogens with one attached hydrogen (secondary N) is 1. The number of hydrogen-bond acceptors (Lipinski definition) is 5. The second kappa shape index (κ2) is 8.24. The van der Waals surface area contributed by atoms with Gasteiger partial charge in [0, 0.05) is 19.2 Å². The van der Waals surface area contributed by atoms with Gasteiger partial charge < -0.3 is 15.2 Å². The van der Waals surface area contributed by atoms with Crippen LogP contribution in [0.2, 0.25) is 5.15 Å². The number of aliphatic hydroxyl groups is 1. The summed E-state index contributed by atoms with van der Waals surface area (Å²) < 4.78 is 5.23. The highest BCUT2D eigenvalue weighted by Gasteiger charge is 2.06. The van der Waals surface area contributed by atoms with E-state index in [4.69, 9.17) is 16.3 Å². The Morgan fingerprint density at radius 1 is 1.44 bits per heavy atom. The van der Waals surface area contributed by atoms with Gasteiger partial charge in [0.1, 0.15) is 17.6 Å². The molecule has 0 aliphatic rings. The Morgan fingerprint density at radius 3 is 2.89 bits per heavy atom. The molecule has 0 aromatic carbocycles. The first-order valence-electron chi connectivity index (χ1n) is 6.18. The number of aliphatic hydroxyl groups excluding tert-OH is 1. The molecule has 0 bridgehead atoms. The lowest BCUT2D eigenvalue weighted by Gasteiger charge is -2.12. The molecule has 18 heavy (non-hydrogen) atoms. The zero-order valence-corrected chi connectivity index (χ0v) is 11.6. The molecule has 1 aromatic rings. The van der Waals surface area contributed by atoms with Crippen LogP contribution in [0.25, 0.3) is 0 Å². The van der Waals surface area contributed by atoms with Gasteiger partial charge in [-0.05, 0) is 13.3 Å². The van der Waals surface area contributed by atoms with Crippen LogP contribution >= 0.6 is 11.6 Å². The van der Waals surface area contributed by atoms with Gasteiger partial charge in [0.15, 0.2) is 5.82 Å². The van der Waals surface area contributed by atoms with E-state index in [1.165, 1.54) is 0 Å². The first-order chi connectivity index (χ1) is 8.65. The average molecular weight is 274 g/mol. The molecule has 1 heterocycles. The highest BCUT2D eigenvalue weighted by atomic mass is 35.5. The molecule has 0 saturated heterocycles. The summed E-state index contributed by atoms with van der Waals surface area (Å²) in [6.45, 7) is 5.34. The summed E-state index contributed by atoms with van der Waals surface area (Å²) in [6.07, 6.45) is 1.33. The number of ether oxygens (including phenoxy) is 1. The quantitative estimate of drug-likeness (QED) is 0.711. The average Bonchev–Trinajstić information content (AvgIpc) is 2.34. The number of nitrogens with zero attached hydrogens (tertiary/aromatic N) is 2. The highest BCUT2D eigenvalue weighted by molar-refractivity contribution is 6.29. The van der Waals surface area contributed by atoms with Crippen LogP contribution in [-0.2, 0) is 11.3 Å². The summed E-state index contributed by atoms with van der Waals surface area (Å²) >= 11 is 5.90. The van der Waals surface area contributed by atoms with Crippen molar-refractivity contribution in [3.8, 4) is 0 Å². The van der Waals surface area contributed by atoms with Crippen molar-refractivity contribution in [1.82, 2.24) is 9.97 Å². The first-order valence-corrected chi connectivity index (χ1v) is 6.56. The van der Waals surface area contributed by atoms with Crippen LogP contribution in [0, 0.1) is 0 Å². The van der Waals surface area contributed by atoms with Crippen LogP contribution in [0.3, 0.4) is 0 Å². The maximum atomic E-state index is 9.63. The van der Waals surface area contributed by atoms with Crippen molar-refractivity contribution in [1.29, 1.82) is 0 Å². The minimum atomic E-state index is -0.376. The molecule has 1 rings (SSSR count). The third-order valence-corrected chi connectivity index (χ3v) is 2.51. The summed E-state index contributed by atoms with van der Waals surface area (Å²) in [4.78, 5) is 8.32. The number of anilines is 1. The number of hydrogen-bond donors (Lipinski definition) is 2. The van der Waals surface area contributed by atoms with Gasteiger partial charge in [-0.3, -0.25) is 0 Å². The molecule has 0 aliphatic carbocycles. The summed E-state index contributed by atoms with van der Waals surface area (Å²) in [5.74, 6) is 1.15. The van der Waals surface area contributed by atoms with Crippen molar-refractivity contribution in [2.75, 3.05) is 18.5 Å². The Labute approximate surface area is 113 Å². The maximum absolute atomic E-state index is 9.63. The van der Waals surface area contributed by atoms with E-state index in [2.05, 4.69) is 15.3 Å². The molecule has 102 valence electrons. The lowest BCUT2D eigenvalue weighted by molar-refractivity contribution is 0.128. The standard InChI is InChI=1S/C12H20ClN3O2/c1-3-5-9(17)7-14-11-6-10(13)15-12(16-11)8-18-4-2/h6,9,17H,3-5,7-8H2,1-2H3,(H,14,15,16). The first kappa shape index (κ1) is 15.1. The molecule has 0 aliphatic heterocycles. The minimum absolute atomic E-state index is 0.337. The summed E-state index contributed by atoms with van der Waals surface area (Å²) in [5.41, 5.74) is 0. The largest absolute Gasteiger partial charge is 0.391 e. The molecule has 5 nitrogen and oxygen atoms in total. The third kappa shape index (κ3) is 5.62. The fraction of sp³-hybridized carbons (Fsp3) is 0.667. The molecule has 6 heteroatoms. The fourth-order valence-corrected chi connectivity index (χ4v) is 1.67. The van der Waals surface area contributed by atoms with E-state index in [-0.39, 0.29) is 6.10 Å². The predicted octanol–water partition coefficient (Wildman–Crippen LogP) is 2.24. The molecule has 0 radical (unpaired) electrons. The Hall–Kier alpha value is -0.910. The van der Waals surface area contributed by atoms with Gasteiger partial charge in [-0.2, -0.15) is 0 Å². The molecular formula is C12H20ClN3O2. The smallest absolute Gasteiger partial charge is 0.158 e. The van der Waals surface area contributed by atoms with Gasteiger partial charge in [0.25, 0.3) is 0 Å². The number of aromatic nitrogens is 2. The second-order valence-electron chi connectivity index (χ2n) is 3.95. The van der Waals surface area contributed by atoms with Crippen molar-refractivity contribution in [3.63, 3.8) is 0 Å². The molecule has 0 saturated carbocycles. The summed E-state index contributed by atoms with van der Waals surface area (Å²) in [5, 5.41) is 13.0. The second-order valence-corrected chi connectivity index (χ2v) is 4.34. The van der Waals surface area contributed by atoms with Crippen LogP contribution < -0.4 is 5.32 Å². The van der Waals surface area contributed by atoms with Gasteiger partial charge in [0.2, 0.25) is 0 Å². The van der Waals surface area contributed by atoms with Gasteiger partial charge >= 0.3 is 0 Å². The third-order valence-electron chi connectivity index (χ3n) is 2.32. The van der Waals surface area contributed by atoms with Crippen LogP contribution in [-0.4, -0.2) is 34.3 Å². The van der Waals surface area contributed by atoms with E-state index in [1.807, 2.05) is 13.8 Å². The van der Waals surface area contributed by atoms with Crippen molar-refractivity contribution in [2.45, 2.75) is 39.4 Å². The van der Waals surface area contributed by atoms with E-state index < -0.39 is 0 Å². The summed E-state index contributed by atoms with van der Waals surface area (Å²) in [6, 6.07) is 1.63. The predicted molar refractivity (Wildman–Crippen MR) is 71.8 cm³/mol. The van der Waals surface area contributed by atoms with E-state index in [0.29, 0.717) is 36.6 Å². The van der Waals surface area contributed by atoms with Crippen molar-refractivity contribution < 1.29 is 9.84 Å². The molecule has 2 N–H and O–H groups in total. The zero-order valence-electron chi connectivity index (χ0n) is 10.8. The van der Waals surface area contributed by atoms with Gasteiger partial charge in [-0.25, -0.2) is 9.97 Å². The van der Waals surface area contributed by atoms with Gasteiger partial charge in [-0.15, -0.1) is 0 Å². The van der Waals surface area contributed by atoms with Crippen LogP contribution in [0.4, 0.5) is 5.82 Å². The molecular weight excluding hydrogens is 254 g/mol. The van der Waals surface area contributed by atoms with E-state index in [9.17, 15) is 5.11 Å². The topological polar surface area (TPSA) is 67.3 Å². The highest BCUT2D eigenvalue weighted by Crippen LogP contribution is 2.12. The molecule has 1 aromatic heterocycles. The van der Waals surface area contributed by atoms with E-state index >= 15 is 0 Å². The zero-order chi connectivity index (χ0) is 13.4. The molecule has 0 fully saturated rings. The lowest BCUT2D eigenvalue weighted by atomic mass is 10.2. The molecule has 0 spiro atoms. The Morgan fingerprint density at radius 2 is 2.22 bits per heavy atom. The molecule has 1 atom stereocenters. The Bertz CT molecular complexity index is 363. The number of rotatable bonds is 8. The van der Waals surface area contributed by atoms with E-state index in [1.54, 1.807) is 6.07 Å². The molecule has 1 unspecified atom stereocenters. The number of halogens is 1. The van der Waals surface area contributed by atoms with E-state index in [0.717, 1.165) is 12.8 Å². The molecule has 0 amide bonds. The fourth-order valence-electron chi connectivity index (χ4n) is 1.47. The summed E-state index contributed by atoms with van der Waals surface area (Å²) in [7, 11) is 0. The van der Waals surface area contributed by atoms with Crippen LogP contribution in [0.15, 0.2) is 6.07 Å². The maximum Gasteiger partial charge on any atom is 0.158 e.